The van der Waals surface area contributed by atoms with Crippen molar-refractivity contribution in [3.63, 3.8) is 0 Å². The highest BCUT2D eigenvalue weighted by Crippen LogP contribution is 2.38. The van der Waals surface area contributed by atoms with Gasteiger partial charge in [-0.25, -0.2) is 4.68 Å². The molecule has 2 aromatic carbocycles. The van der Waals surface area contributed by atoms with Gasteiger partial charge in [-0.15, -0.1) is 0 Å². The molecule has 1 saturated carbocycles. The molecular weight excluding hydrogens is 467 g/mol. The number of hydrogen-bond donors (Lipinski definition) is 2. The fourth-order valence-corrected chi connectivity index (χ4v) is 3.70. The third kappa shape index (κ3) is 3.66. The van der Waals surface area contributed by atoms with E-state index in [1.54, 1.807) is 10.7 Å². The van der Waals surface area contributed by atoms with Crippen LogP contribution in [0.15, 0.2) is 54.7 Å². The quantitative estimate of drug-likeness (QED) is 0.428. The topological polar surface area (TPSA) is 90.0 Å². The number of nitrogens with two attached hydrogens (primary N) is 1. The van der Waals surface area contributed by atoms with Crippen molar-refractivity contribution < 1.29 is 9.59 Å². The lowest BCUT2D eigenvalue weighted by Gasteiger charge is -2.07. The number of hydrogen-bond acceptors (Lipinski definition) is 4. The van der Waals surface area contributed by atoms with E-state index < -0.39 is 0 Å². The highest BCUT2D eigenvalue weighted by Gasteiger charge is 2.42. The van der Waals surface area contributed by atoms with Gasteiger partial charge in [-0.2, -0.15) is 5.10 Å². The second-order valence-corrected chi connectivity index (χ2v) is 8.22. The van der Waals surface area contributed by atoms with E-state index in [1.165, 1.54) is 6.20 Å². The summed E-state index contributed by atoms with van der Waals surface area (Å²) in [5, 5.41) is 7.31. The third-order valence-corrected chi connectivity index (χ3v) is 5.54. The number of nitrogens with zero attached hydrogens (tertiary/aromatic N) is 2. The third-order valence-electron chi connectivity index (χ3n) is 4.87. The maximum Gasteiger partial charge on any atom is 0.251 e. The van der Waals surface area contributed by atoms with Crippen molar-refractivity contribution in [3.8, 4) is 0 Å². The molecule has 1 aliphatic carbocycles. The van der Waals surface area contributed by atoms with E-state index in [2.05, 4.69) is 33.0 Å². The first-order chi connectivity index (χ1) is 13.4. The van der Waals surface area contributed by atoms with Crippen LogP contribution in [-0.2, 0) is 0 Å². The van der Waals surface area contributed by atoms with Crippen LogP contribution in [0.4, 0.5) is 5.82 Å². The van der Waals surface area contributed by atoms with Crippen LogP contribution in [0.5, 0.6) is 0 Å². The lowest BCUT2D eigenvalue weighted by Crippen LogP contribution is -2.27. The number of benzene rings is 2. The largest absolute Gasteiger partial charge is 0.383 e. The summed E-state index contributed by atoms with van der Waals surface area (Å²) in [5.74, 6) is 0.0671. The zero-order valence-corrected chi connectivity index (χ0v) is 17.4. The molecule has 0 saturated heterocycles. The lowest BCUT2D eigenvalue weighted by molar-refractivity contribution is 0.0948. The Hall–Kier alpha value is -2.68. The number of halogens is 1. The summed E-state index contributed by atoms with van der Waals surface area (Å²) >= 11 is 2.17. The molecule has 0 aliphatic heterocycles. The van der Waals surface area contributed by atoms with Crippen LogP contribution < -0.4 is 11.1 Å². The van der Waals surface area contributed by atoms with Gasteiger partial charge in [-0.3, -0.25) is 9.59 Å². The number of amides is 1. The van der Waals surface area contributed by atoms with Crippen LogP contribution in [-0.4, -0.2) is 27.5 Å². The fourth-order valence-electron chi connectivity index (χ4n) is 3.16. The molecule has 6 nitrogen and oxygen atoms in total. The van der Waals surface area contributed by atoms with Crippen molar-refractivity contribution in [2.75, 3.05) is 5.73 Å². The van der Waals surface area contributed by atoms with Gasteiger partial charge in [0, 0.05) is 14.7 Å². The molecule has 142 valence electrons. The predicted molar refractivity (Wildman–Crippen MR) is 115 cm³/mol. The number of carbonyl (C=O) groups is 2. The zero-order chi connectivity index (χ0) is 19.8. The van der Waals surface area contributed by atoms with Gasteiger partial charge in [-0.1, -0.05) is 29.8 Å². The Bertz CT molecular complexity index is 1060. The highest BCUT2D eigenvalue weighted by atomic mass is 127. The maximum absolute atomic E-state index is 12.7. The van der Waals surface area contributed by atoms with Crippen molar-refractivity contribution in [1.29, 1.82) is 0 Å². The summed E-state index contributed by atoms with van der Waals surface area (Å²) < 4.78 is 2.62. The Morgan fingerprint density at radius 1 is 1.18 bits per heavy atom. The van der Waals surface area contributed by atoms with Gasteiger partial charge in [-0.05, 0) is 60.2 Å². The molecule has 2 atom stereocenters. The zero-order valence-electron chi connectivity index (χ0n) is 15.2. The Morgan fingerprint density at radius 3 is 2.64 bits per heavy atom. The fraction of sp³-hybridized carbons (Fsp3) is 0.190. The van der Waals surface area contributed by atoms with E-state index in [-0.39, 0.29) is 23.8 Å². The van der Waals surface area contributed by atoms with Crippen molar-refractivity contribution in [1.82, 2.24) is 15.1 Å². The second kappa shape index (κ2) is 7.38. The van der Waals surface area contributed by atoms with E-state index in [4.69, 9.17) is 5.73 Å². The van der Waals surface area contributed by atoms with Crippen LogP contribution in [0.25, 0.3) is 0 Å². The first-order valence-electron chi connectivity index (χ1n) is 8.95. The van der Waals surface area contributed by atoms with E-state index in [9.17, 15) is 9.59 Å². The molecule has 7 heteroatoms. The number of nitrogens with one attached hydrogen (secondary N) is 1. The van der Waals surface area contributed by atoms with E-state index in [0.717, 1.165) is 15.6 Å². The molecule has 1 amide bonds. The van der Waals surface area contributed by atoms with Crippen LogP contribution >= 0.6 is 22.6 Å². The highest BCUT2D eigenvalue weighted by molar-refractivity contribution is 14.1. The van der Waals surface area contributed by atoms with Crippen LogP contribution in [0.1, 0.15) is 44.3 Å². The molecule has 1 fully saturated rings. The molecule has 3 N–H and O–H groups in total. The SMILES string of the molecule is Cc1ccc(C(=O)NC2CC2n2ncc(C(=O)c3cccc(I)c3)c2N)cc1. The molecule has 0 spiro atoms. The minimum Gasteiger partial charge on any atom is -0.383 e. The lowest BCUT2D eigenvalue weighted by atomic mass is 10.1. The number of nitrogen functional groups attached to an aromatic ring is 1. The molecule has 1 aromatic heterocycles. The molecule has 0 bridgehead atoms. The van der Waals surface area contributed by atoms with Gasteiger partial charge in [0.05, 0.1) is 23.8 Å². The van der Waals surface area contributed by atoms with Gasteiger partial charge >= 0.3 is 0 Å². The van der Waals surface area contributed by atoms with Crippen LogP contribution in [0, 0.1) is 10.5 Å². The average Bonchev–Trinajstić information content (AvgIpc) is 3.32. The van der Waals surface area contributed by atoms with E-state index in [1.807, 2.05) is 49.4 Å². The first-order valence-corrected chi connectivity index (χ1v) is 10.0. The Kier molecular flexibility index (Phi) is 4.92. The second-order valence-electron chi connectivity index (χ2n) is 6.98. The van der Waals surface area contributed by atoms with Crippen molar-refractivity contribution >= 4 is 40.1 Å². The Labute approximate surface area is 176 Å². The van der Waals surface area contributed by atoms with Gasteiger partial charge in [0.15, 0.2) is 5.78 Å². The average molecular weight is 486 g/mol. The van der Waals surface area contributed by atoms with Gasteiger partial charge in [0.25, 0.3) is 5.91 Å². The predicted octanol–water partition coefficient (Wildman–Crippen LogP) is 3.35. The van der Waals surface area contributed by atoms with Gasteiger partial charge in [0.1, 0.15) is 5.82 Å². The number of ketones is 1. The molecule has 4 rings (SSSR count). The van der Waals surface area contributed by atoms with Gasteiger partial charge < -0.3 is 11.1 Å². The molecule has 2 unspecified atom stereocenters. The Morgan fingerprint density at radius 2 is 1.93 bits per heavy atom. The summed E-state index contributed by atoms with van der Waals surface area (Å²) in [7, 11) is 0. The van der Waals surface area contributed by atoms with Crippen molar-refractivity contribution in [2.24, 2.45) is 0 Å². The summed E-state index contributed by atoms with van der Waals surface area (Å²) in [6, 6.07) is 14.7. The first kappa shape index (κ1) is 18.7. The summed E-state index contributed by atoms with van der Waals surface area (Å²) in [6.45, 7) is 1.98. The molecule has 3 aromatic rings. The number of anilines is 1. The molecule has 0 radical (unpaired) electrons. The van der Waals surface area contributed by atoms with Gasteiger partial charge in [0.2, 0.25) is 0 Å². The van der Waals surface area contributed by atoms with Crippen molar-refractivity contribution in [2.45, 2.75) is 25.4 Å². The molecule has 1 heterocycles. The van der Waals surface area contributed by atoms with Crippen LogP contribution in [0.3, 0.4) is 0 Å². The van der Waals surface area contributed by atoms with Crippen LogP contribution in [0.2, 0.25) is 0 Å². The van der Waals surface area contributed by atoms with E-state index in [0.29, 0.717) is 22.5 Å². The Balaban J connectivity index is 1.46. The molecular formula is C21H19IN4O2. The smallest absolute Gasteiger partial charge is 0.251 e. The standard InChI is InChI=1S/C21H19IN4O2/c1-12-5-7-13(8-6-12)21(28)25-17-10-18(17)26-20(23)16(11-24-26)19(27)14-3-2-4-15(22)9-14/h2-9,11,17-18H,10,23H2,1H3,(H,25,28). The summed E-state index contributed by atoms with van der Waals surface area (Å²) in [4.78, 5) is 25.1. The molecule has 28 heavy (non-hydrogen) atoms. The summed E-state index contributed by atoms with van der Waals surface area (Å²) in [6.07, 6.45) is 2.25. The number of rotatable bonds is 5. The minimum absolute atomic E-state index is 0.0353. The summed E-state index contributed by atoms with van der Waals surface area (Å²) in [5.41, 5.74) is 8.91. The number of aryl methyl sites for hydroxylation is 1. The normalized spacial score (nSPS) is 17.9. The minimum atomic E-state index is -0.150. The monoisotopic (exact) mass is 486 g/mol. The number of carbonyl (C=O) groups excluding carboxylic acids is 2. The number of aromatic nitrogens is 2. The van der Waals surface area contributed by atoms with E-state index >= 15 is 0 Å². The maximum atomic E-state index is 12.7. The van der Waals surface area contributed by atoms with Crippen molar-refractivity contribution in [3.05, 3.63) is 80.6 Å². The molecule has 1 aliphatic rings.